The standard InChI is InChI=1S/C23H33BrO6/c1-4-5-6-7-8-12-15-23(28)16-18(24)22(27)21(23)19(30-17(2)25)13-10-9-11-14-20(26)29-3/h8,10,12-13,16,19,21,28H,4-7,9,11,14-15H2,1-3H3/b12-8-,13-10-/t19-,21-,23+/m0/s1. The van der Waals surface area contributed by atoms with Gasteiger partial charge in [-0.15, -0.1) is 0 Å². The number of methoxy groups -OCH3 is 1. The number of carbonyl (C=O) groups excluding carboxylic acids is 3. The molecular formula is C23H33BrO6. The number of carbonyl (C=O) groups is 3. The lowest BCUT2D eigenvalue weighted by atomic mass is 9.82. The molecule has 0 amide bonds. The van der Waals surface area contributed by atoms with Crippen molar-refractivity contribution in [1.82, 2.24) is 0 Å². The van der Waals surface area contributed by atoms with Gasteiger partial charge in [-0.3, -0.25) is 14.4 Å². The first-order valence-corrected chi connectivity index (χ1v) is 11.2. The lowest BCUT2D eigenvalue weighted by molar-refractivity contribution is -0.152. The Morgan fingerprint density at radius 2 is 1.93 bits per heavy atom. The van der Waals surface area contributed by atoms with Crippen molar-refractivity contribution in [1.29, 1.82) is 0 Å². The molecule has 6 nitrogen and oxygen atoms in total. The molecule has 0 fully saturated rings. The second kappa shape index (κ2) is 13.5. The summed E-state index contributed by atoms with van der Waals surface area (Å²) in [5.41, 5.74) is -1.45. The summed E-state index contributed by atoms with van der Waals surface area (Å²) in [6.45, 7) is 3.41. The Hall–Kier alpha value is -1.73. The van der Waals surface area contributed by atoms with Gasteiger partial charge in [0.2, 0.25) is 0 Å². The van der Waals surface area contributed by atoms with Crippen LogP contribution in [0, 0.1) is 5.92 Å². The molecule has 0 spiro atoms. The summed E-state index contributed by atoms with van der Waals surface area (Å²) in [5, 5.41) is 11.2. The van der Waals surface area contributed by atoms with Crippen molar-refractivity contribution in [2.45, 2.75) is 76.9 Å². The van der Waals surface area contributed by atoms with Crippen LogP contribution in [0.4, 0.5) is 0 Å². The van der Waals surface area contributed by atoms with E-state index < -0.39 is 23.6 Å². The number of rotatable bonds is 13. The molecule has 30 heavy (non-hydrogen) atoms. The zero-order chi connectivity index (χ0) is 22.6. The molecule has 0 bridgehead atoms. The highest BCUT2D eigenvalue weighted by Crippen LogP contribution is 2.40. The average molecular weight is 485 g/mol. The quantitative estimate of drug-likeness (QED) is 0.234. The van der Waals surface area contributed by atoms with Crippen molar-refractivity contribution >= 4 is 33.7 Å². The summed E-state index contributed by atoms with van der Waals surface area (Å²) in [4.78, 5) is 35.6. The number of ketones is 1. The third kappa shape index (κ3) is 8.56. The molecular weight excluding hydrogens is 452 g/mol. The number of aliphatic hydroxyl groups is 1. The van der Waals surface area contributed by atoms with E-state index in [1.54, 1.807) is 12.2 Å². The molecule has 0 radical (unpaired) electrons. The normalized spacial score (nSPS) is 22.5. The van der Waals surface area contributed by atoms with Gasteiger partial charge in [0.15, 0.2) is 5.78 Å². The lowest BCUT2D eigenvalue weighted by Gasteiger charge is -2.31. The fourth-order valence-electron chi connectivity index (χ4n) is 3.38. The van der Waals surface area contributed by atoms with Crippen molar-refractivity contribution in [2.75, 3.05) is 7.11 Å². The van der Waals surface area contributed by atoms with Gasteiger partial charge in [0.1, 0.15) is 11.7 Å². The largest absolute Gasteiger partial charge is 0.469 e. The van der Waals surface area contributed by atoms with Crippen LogP contribution in [0.2, 0.25) is 0 Å². The number of allylic oxidation sites excluding steroid dienone is 3. The number of Topliss-reactive ketones (excluding diaryl/α,β-unsaturated/α-hetero) is 1. The molecule has 7 heteroatoms. The van der Waals surface area contributed by atoms with Crippen LogP contribution in [-0.4, -0.2) is 41.6 Å². The monoisotopic (exact) mass is 484 g/mol. The number of halogens is 1. The predicted molar refractivity (Wildman–Crippen MR) is 119 cm³/mol. The van der Waals surface area contributed by atoms with E-state index in [0.29, 0.717) is 12.8 Å². The van der Waals surface area contributed by atoms with E-state index in [4.69, 9.17) is 4.74 Å². The van der Waals surface area contributed by atoms with Gasteiger partial charge in [0, 0.05) is 13.3 Å². The second-order valence-corrected chi connectivity index (χ2v) is 8.32. The van der Waals surface area contributed by atoms with Gasteiger partial charge in [0.05, 0.1) is 17.5 Å². The Kier molecular flexibility index (Phi) is 11.9. The molecule has 0 saturated carbocycles. The van der Waals surface area contributed by atoms with Crippen LogP contribution in [0.15, 0.2) is 34.9 Å². The van der Waals surface area contributed by atoms with Crippen molar-refractivity contribution in [2.24, 2.45) is 5.92 Å². The van der Waals surface area contributed by atoms with Crippen LogP contribution in [-0.2, 0) is 23.9 Å². The highest BCUT2D eigenvalue weighted by Gasteiger charge is 2.50. The number of unbranched alkanes of at least 4 members (excludes halogenated alkanes) is 4. The minimum Gasteiger partial charge on any atom is -0.469 e. The van der Waals surface area contributed by atoms with Crippen molar-refractivity contribution in [3.05, 3.63) is 34.9 Å². The Balaban J connectivity index is 2.88. The molecule has 3 atom stereocenters. The smallest absolute Gasteiger partial charge is 0.305 e. The van der Waals surface area contributed by atoms with Crippen molar-refractivity contribution in [3.63, 3.8) is 0 Å². The Labute approximate surface area is 187 Å². The van der Waals surface area contributed by atoms with Gasteiger partial charge in [-0.1, -0.05) is 38.0 Å². The van der Waals surface area contributed by atoms with Gasteiger partial charge >= 0.3 is 11.9 Å². The van der Waals surface area contributed by atoms with Crippen molar-refractivity contribution in [3.8, 4) is 0 Å². The lowest BCUT2D eigenvalue weighted by Crippen LogP contribution is -2.44. The molecule has 1 aliphatic carbocycles. The van der Waals surface area contributed by atoms with Gasteiger partial charge in [-0.05, 0) is 60.2 Å². The van der Waals surface area contributed by atoms with Crippen LogP contribution in [0.1, 0.15) is 65.2 Å². The van der Waals surface area contributed by atoms with E-state index >= 15 is 0 Å². The highest BCUT2D eigenvalue weighted by molar-refractivity contribution is 9.12. The zero-order valence-electron chi connectivity index (χ0n) is 18.1. The maximum atomic E-state index is 12.7. The van der Waals surface area contributed by atoms with E-state index in [2.05, 4.69) is 27.6 Å². The fourth-order valence-corrected chi connectivity index (χ4v) is 4.03. The van der Waals surface area contributed by atoms with Gasteiger partial charge in [0.25, 0.3) is 0 Å². The summed E-state index contributed by atoms with van der Waals surface area (Å²) in [6, 6.07) is 0. The molecule has 168 valence electrons. The van der Waals surface area contributed by atoms with Gasteiger partial charge < -0.3 is 14.6 Å². The molecule has 0 aromatic rings. The molecule has 0 aromatic carbocycles. The third-order valence-electron chi connectivity index (χ3n) is 4.95. The summed E-state index contributed by atoms with van der Waals surface area (Å²) >= 11 is 3.23. The van der Waals surface area contributed by atoms with E-state index in [1.165, 1.54) is 20.1 Å². The fraction of sp³-hybridized carbons (Fsp3) is 0.609. The Morgan fingerprint density at radius 3 is 2.57 bits per heavy atom. The Bertz CT molecular complexity index is 681. The summed E-state index contributed by atoms with van der Waals surface area (Å²) in [6.07, 6.45) is 13.8. The van der Waals surface area contributed by atoms with E-state index in [-0.39, 0.29) is 29.1 Å². The Morgan fingerprint density at radius 1 is 1.23 bits per heavy atom. The van der Waals surface area contributed by atoms with Crippen LogP contribution < -0.4 is 0 Å². The zero-order valence-corrected chi connectivity index (χ0v) is 19.7. The number of esters is 2. The highest BCUT2D eigenvalue weighted by atomic mass is 79.9. The molecule has 0 aromatic heterocycles. The topological polar surface area (TPSA) is 89.9 Å². The van der Waals surface area contributed by atoms with Gasteiger partial charge in [-0.2, -0.15) is 0 Å². The van der Waals surface area contributed by atoms with E-state index in [9.17, 15) is 19.5 Å². The van der Waals surface area contributed by atoms with Crippen LogP contribution in [0.25, 0.3) is 0 Å². The molecule has 1 aliphatic rings. The molecule has 1 N–H and O–H groups in total. The van der Waals surface area contributed by atoms with E-state index in [0.717, 1.165) is 25.7 Å². The predicted octanol–water partition coefficient (Wildman–Crippen LogP) is 4.55. The molecule has 0 aliphatic heterocycles. The first kappa shape index (κ1) is 26.3. The van der Waals surface area contributed by atoms with Gasteiger partial charge in [-0.25, -0.2) is 0 Å². The summed E-state index contributed by atoms with van der Waals surface area (Å²) in [5.74, 6) is -2.07. The van der Waals surface area contributed by atoms with Crippen LogP contribution >= 0.6 is 15.9 Å². The second-order valence-electron chi connectivity index (χ2n) is 7.47. The third-order valence-corrected chi connectivity index (χ3v) is 5.57. The molecule has 0 heterocycles. The van der Waals surface area contributed by atoms with E-state index in [1.807, 2.05) is 12.2 Å². The minimum absolute atomic E-state index is 0.249. The number of hydrogen-bond acceptors (Lipinski definition) is 6. The molecule has 1 rings (SSSR count). The SMILES string of the molecule is CCCCC/C=C\C[C@@]1(O)C=C(Br)C(=O)[C@@H]1[C@H](/C=C\CCCC(=O)OC)OC(C)=O. The molecule has 0 saturated heterocycles. The summed E-state index contributed by atoms with van der Waals surface area (Å²) < 4.78 is 10.3. The maximum Gasteiger partial charge on any atom is 0.305 e. The first-order valence-electron chi connectivity index (χ1n) is 10.5. The first-order chi connectivity index (χ1) is 14.2. The number of ether oxygens (including phenoxy) is 2. The minimum atomic E-state index is -1.45. The van der Waals surface area contributed by atoms with Crippen LogP contribution in [0.5, 0.6) is 0 Å². The maximum absolute atomic E-state index is 12.7. The van der Waals surface area contributed by atoms with Crippen LogP contribution in [0.3, 0.4) is 0 Å². The molecule has 0 unspecified atom stereocenters. The van der Waals surface area contributed by atoms with Crippen molar-refractivity contribution < 1.29 is 29.0 Å². The summed E-state index contributed by atoms with van der Waals surface area (Å²) in [7, 11) is 1.34. The number of hydrogen-bond donors (Lipinski definition) is 1. The average Bonchev–Trinajstić information content (AvgIpc) is 2.91.